The van der Waals surface area contributed by atoms with E-state index in [1.54, 1.807) is 24.5 Å². The maximum Gasteiger partial charge on any atom is 0.270 e. The molecule has 3 aliphatic carbocycles. The standard InChI is InChI=1S/C59H49N9O5/c69-54(48-15-11-35-22-38-26-58(28-40(38)24-50(35)63-48)45-7-3-17-60-52(45)66-56(58)71)62-30-42-32-68(19-20-73-42)31-37-5-1-2-6-43(37)33-9-13-44-34(21-33)10-14-47(44)65-55(70)49-16-12-36-23-39-27-59(29-41(39)25-51(36)64-49)46-8-4-18-61-53(46)67-57(59)72/h1-9,11-13,15-18,21-25,42,47H,10,14,19-20,26-32H2,(H,62,69)(H,65,70)(H,60,66,71)(H,61,67,72). The topological polar surface area (TPSA) is 180 Å². The highest BCUT2D eigenvalue weighted by Gasteiger charge is 2.52. The van der Waals surface area contributed by atoms with Crippen molar-refractivity contribution in [2.75, 3.05) is 36.9 Å². The molecule has 14 nitrogen and oxygen atoms in total. The lowest BCUT2D eigenvalue weighted by atomic mass is 9.79. The van der Waals surface area contributed by atoms with Gasteiger partial charge in [-0.05, 0) is 137 Å². The first-order chi connectivity index (χ1) is 35.7. The van der Waals surface area contributed by atoms with Gasteiger partial charge < -0.3 is 26.0 Å². The Morgan fingerprint density at radius 3 is 1.95 bits per heavy atom. The summed E-state index contributed by atoms with van der Waals surface area (Å²) in [4.78, 5) is 74.8. The van der Waals surface area contributed by atoms with Gasteiger partial charge in [0.05, 0.1) is 40.6 Å². The summed E-state index contributed by atoms with van der Waals surface area (Å²) in [6.07, 6.45) is 7.19. The third-order valence-corrected chi connectivity index (χ3v) is 16.4. The average Bonchev–Trinajstić information content (AvgIpc) is 4.22. The predicted molar refractivity (Wildman–Crippen MR) is 275 cm³/mol. The van der Waals surface area contributed by atoms with E-state index in [-0.39, 0.29) is 35.8 Å². The van der Waals surface area contributed by atoms with E-state index in [0.717, 1.165) is 97.8 Å². The van der Waals surface area contributed by atoms with E-state index in [0.29, 0.717) is 68.4 Å². The molecular formula is C59H49N9O5. The summed E-state index contributed by atoms with van der Waals surface area (Å²) in [5, 5.41) is 14.2. The van der Waals surface area contributed by atoms with E-state index >= 15 is 0 Å². The maximum absolute atomic E-state index is 13.8. The van der Waals surface area contributed by atoms with Gasteiger partial charge in [-0.15, -0.1) is 0 Å². The molecule has 4 N–H and O–H groups in total. The van der Waals surface area contributed by atoms with Crippen molar-refractivity contribution in [3.63, 3.8) is 0 Å². The number of morpholine rings is 1. The number of hydrogen-bond acceptors (Lipinski definition) is 10. The van der Waals surface area contributed by atoms with Crippen LogP contribution < -0.4 is 21.3 Å². The molecule has 8 aromatic rings. The minimum Gasteiger partial charge on any atom is -0.374 e. The minimum absolute atomic E-state index is 0.0194. The van der Waals surface area contributed by atoms with Gasteiger partial charge in [0.2, 0.25) is 11.8 Å². The van der Waals surface area contributed by atoms with Crippen LogP contribution in [0.1, 0.15) is 83.5 Å². The summed E-state index contributed by atoms with van der Waals surface area (Å²) in [5.41, 5.74) is 12.9. The van der Waals surface area contributed by atoms with Crippen LogP contribution in [-0.2, 0) is 63.8 Å². The van der Waals surface area contributed by atoms with E-state index in [4.69, 9.17) is 14.7 Å². The smallest absolute Gasteiger partial charge is 0.270 e. The van der Waals surface area contributed by atoms with Gasteiger partial charge in [-0.3, -0.25) is 24.1 Å². The quantitative estimate of drug-likeness (QED) is 0.121. The zero-order chi connectivity index (χ0) is 49.0. The van der Waals surface area contributed by atoms with E-state index in [2.05, 4.69) is 90.7 Å². The predicted octanol–water partition coefficient (Wildman–Crippen LogP) is 7.27. The number of nitrogens with zero attached hydrogens (tertiary/aromatic N) is 5. The Bertz CT molecular complexity index is 3710. The normalized spacial score (nSPS) is 22.2. The first kappa shape index (κ1) is 43.6. The Balaban J connectivity index is 0.611. The molecule has 4 unspecified atom stereocenters. The monoisotopic (exact) mass is 963 g/mol. The summed E-state index contributed by atoms with van der Waals surface area (Å²) >= 11 is 0. The number of ether oxygens (including phenoxy) is 1. The second-order valence-corrected chi connectivity index (χ2v) is 20.7. The zero-order valence-electron chi connectivity index (χ0n) is 39.8. The number of benzene rings is 4. The Labute approximate surface area is 420 Å². The molecule has 73 heavy (non-hydrogen) atoms. The molecule has 14 heteroatoms. The first-order valence-corrected chi connectivity index (χ1v) is 25.2. The number of aryl methyl sites for hydroxylation is 1. The van der Waals surface area contributed by atoms with Gasteiger partial charge in [0.25, 0.3) is 11.8 Å². The van der Waals surface area contributed by atoms with Crippen molar-refractivity contribution in [3.8, 4) is 11.1 Å². The summed E-state index contributed by atoms with van der Waals surface area (Å²) in [5.74, 6) is 0.765. The molecule has 4 amide bonds. The number of fused-ring (bicyclic) bond motifs is 9. The molecule has 0 bridgehead atoms. The highest BCUT2D eigenvalue weighted by Crippen LogP contribution is 2.49. The lowest BCUT2D eigenvalue weighted by Crippen LogP contribution is -2.47. The highest BCUT2D eigenvalue weighted by molar-refractivity contribution is 6.07. The lowest BCUT2D eigenvalue weighted by Gasteiger charge is -2.33. The fourth-order valence-electron chi connectivity index (χ4n) is 12.7. The number of amides is 4. The van der Waals surface area contributed by atoms with Gasteiger partial charge in [-0.2, -0.15) is 0 Å². The molecule has 3 aliphatic heterocycles. The number of anilines is 2. The SMILES string of the molecule is O=C(NCC1CN(Cc2ccccc2-c2ccc3c(c2)CCC3NC(=O)c2ccc3cc4c(cc3n2)CC2(C4)C(=O)Nc3ncccc32)CCO1)c1ccc2cc3c(cc2n1)CC1(C3)C(=O)Nc2ncccc21. The Kier molecular flexibility index (Phi) is 9.96. The zero-order valence-corrected chi connectivity index (χ0v) is 39.8. The van der Waals surface area contributed by atoms with Crippen LogP contribution in [0, 0.1) is 0 Å². The van der Waals surface area contributed by atoms with Crippen LogP contribution in [0.4, 0.5) is 11.6 Å². The van der Waals surface area contributed by atoms with Crippen LogP contribution in [0.2, 0.25) is 0 Å². The van der Waals surface area contributed by atoms with Gasteiger partial charge >= 0.3 is 0 Å². The van der Waals surface area contributed by atoms with Gasteiger partial charge in [0, 0.05) is 60.5 Å². The molecule has 0 radical (unpaired) electrons. The van der Waals surface area contributed by atoms with Crippen molar-refractivity contribution < 1.29 is 23.9 Å². The number of nitrogens with one attached hydrogen (secondary N) is 4. The number of carbonyl (C=O) groups excluding carboxylic acids is 4. The molecular weight excluding hydrogens is 915 g/mol. The molecule has 360 valence electrons. The molecule has 4 aromatic heterocycles. The minimum atomic E-state index is -0.673. The van der Waals surface area contributed by atoms with Crippen LogP contribution in [0.3, 0.4) is 0 Å². The van der Waals surface area contributed by atoms with Crippen molar-refractivity contribution in [2.24, 2.45) is 0 Å². The Morgan fingerprint density at radius 2 is 1.29 bits per heavy atom. The maximum atomic E-state index is 13.8. The summed E-state index contributed by atoms with van der Waals surface area (Å²) < 4.78 is 6.17. The number of rotatable bonds is 8. The average molecular weight is 964 g/mol. The van der Waals surface area contributed by atoms with E-state index < -0.39 is 10.8 Å². The third kappa shape index (κ3) is 7.21. The number of carbonyl (C=O) groups is 4. The number of hydrogen-bond donors (Lipinski definition) is 4. The van der Waals surface area contributed by atoms with Gasteiger partial charge in [-0.25, -0.2) is 19.9 Å². The Hall–Kier alpha value is -8.20. The molecule has 4 aromatic carbocycles. The molecule has 14 rings (SSSR count). The van der Waals surface area contributed by atoms with Crippen molar-refractivity contribution in [2.45, 2.75) is 68.0 Å². The van der Waals surface area contributed by atoms with Gasteiger partial charge in [0.15, 0.2) is 0 Å². The van der Waals surface area contributed by atoms with Crippen molar-refractivity contribution in [1.29, 1.82) is 0 Å². The molecule has 1 fully saturated rings. The molecule has 4 atom stereocenters. The largest absolute Gasteiger partial charge is 0.374 e. The highest BCUT2D eigenvalue weighted by atomic mass is 16.5. The molecule has 7 heterocycles. The molecule has 1 saturated heterocycles. The molecule has 6 aliphatic rings. The van der Waals surface area contributed by atoms with Crippen LogP contribution in [0.5, 0.6) is 0 Å². The number of aromatic nitrogens is 4. The summed E-state index contributed by atoms with van der Waals surface area (Å²) in [7, 11) is 0. The first-order valence-electron chi connectivity index (χ1n) is 25.2. The third-order valence-electron chi connectivity index (χ3n) is 16.4. The van der Waals surface area contributed by atoms with Gasteiger partial charge in [0.1, 0.15) is 23.0 Å². The van der Waals surface area contributed by atoms with Crippen molar-refractivity contribution in [1.82, 2.24) is 35.5 Å². The van der Waals surface area contributed by atoms with E-state index in [9.17, 15) is 19.2 Å². The molecule has 0 saturated carbocycles. The van der Waals surface area contributed by atoms with Crippen molar-refractivity contribution in [3.05, 3.63) is 189 Å². The molecule has 2 spiro atoms. The second kappa shape index (κ2) is 16.7. The van der Waals surface area contributed by atoms with Crippen LogP contribution in [0.15, 0.2) is 128 Å². The van der Waals surface area contributed by atoms with E-state index in [1.165, 1.54) is 11.1 Å². The van der Waals surface area contributed by atoms with Crippen LogP contribution >= 0.6 is 0 Å². The number of pyridine rings is 4. The fourth-order valence-corrected chi connectivity index (χ4v) is 12.7. The second-order valence-electron chi connectivity index (χ2n) is 20.7. The summed E-state index contributed by atoms with van der Waals surface area (Å²) in [6, 6.07) is 38.4. The fraction of sp³-hybridized carbons (Fsp3) is 0.254. The summed E-state index contributed by atoms with van der Waals surface area (Å²) in [6.45, 7) is 3.06. The van der Waals surface area contributed by atoms with Crippen molar-refractivity contribution >= 4 is 57.1 Å². The lowest BCUT2D eigenvalue weighted by molar-refractivity contribution is -0.121. The van der Waals surface area contributed by atoms with Gasteiger partial charge in [-0.1, -0.05) is 66.7 Å². The Morgan fingerprint density at radius 1 is 0.671 bits per heavy atom. The van der Waals surface area contributed by atoms with Crippen LogP contribution in [-0.4, -0.2) is 80.8 Å². The van der Waals surface area contributed by atoms with Crippen LogP contribution in [0.25, 0.3) is 32.9 Å². The van der Waals surface area contributed by atoms with E-state index in [1.807, 2.05) is 48.5 Å².